The van der Waals surface area contributed by atoms with Gasteiger partial charge in [-0.3, -0.25) is 9.59 Å². The maximum absolute atomic E-state index is 13.8. The first-order valence-corrected chi connectivity index (χ1v) is 12.5. The van der Waals surface area contributed by atoms with E-state index >= 15 is 0 Å². The van der Waals surface area contributed by atoms with Crippen LogP contribution in [-0.4, -0.2) is 58.2 Å². The molecule has 2 rings (SSSR count). The molecule has 1 fully saturated rings. The van der Waals surface area contributed by atoms with Gasteiger partial charge < -0.3 is 25.4 Å². The summed E-state index contributed by atoms with van der Waals surface area (Å²) in [7, 11) is 0. The fourth-order valence-corrected chi connectivity index (χ4v) is 4.54. The van der Waals surface area contributed by atoms with Crippen molar-refractivity contribution in [2.24, 2.45) is 5.41 Å². The smallest absolute Gasteiger partial charge is 0.408 e. The first-order valence-electron chi connectivity index (χ1n) is 12.5. The molecule has 1 aliphatic rings. The molecule has 36 heavy (non-hydrogen) atoms. The number of hydrogen-bond donors (Lipinski definition) is 3. The molecule has 1 aliphatic heterocycles. The molecule has 1 saturated heterocycles. The van der Waals surface area contributed by atoms with Crippen LogP contribution < -0.4 is 10.6 Å². The van der Waals surface area contributed by atoms with Gasteiger partial charge in [0, 0.05) is 18.5 Å². The van der Waals surface area contributed by atoms with Gasteiger partial charge in [0.05, 0.1) is 12.1 Å². The van der Waals surface area contributed by atoms with Crippen LogP contribution in [0.5, 0.6) is 0 Å². The molecule has 198 valence electrons. The lowest BCUT2D eigenvalue weighted by Gasteiger charge is -2.38. The first kappa shape index (κ1) is 29.2. The standard InChI is InChI=1S/C28H41N3O5/c1-9-15-28(7,8)23(30-26(35)36-27(4,5)6)25(34)31-17-21(32)16-22(31)24(33)29-18(3)20-13-11-19(10-2)12-14-20/h2,11-14,18,21-23,32H,9,15-17H2,1,3-8H3,(H,29,33)(H,30,35)/t18-,21+,22-,23+/m0/s1. The Morgan fingerprint density at radius 1 is 1.17 bits per heavy atom. The van der Waals surface area contributed by atoms with Gasteiger partial charge in [-0.1, -0.05) is 45.2 Å². The van der Waals surface area contributed by atoms with Crippen molar-refractivity contribution in [2.75, 3.05) is 6.54 Å². The molecule has 0 unspecified atom stereocenters. The maximum atomic E-state index is 13.8. The van der Waals surface area contributed by atoms with Crippen LogP contribution in [0.25, 0.3) is 0 Å². The lowest BCUT2D eigenvalue weighted by molar-refractivity contribution is -0.142. The second-order valence-electron chi connectivity index (χ2n) is 11.2. The van der Waals surface area contributed by atoms with Gasteiger partial charge in [0.25, 0.3) is 0 Å². The van der Waals surface area contributed by atoms with Gasteiger partial charge >= 0.3 is 6.09 Å². The SMILES string of the molecule is C#Cc1ccc([C@H](C)NC(=O)[C@@H]2C[C@@H](O)CN2C(=O)[C@@H](NC(=O)OC(C)(C)C)C(C)(C)CCC)cc1. The number of carbonyl (C=O) groups excluding carboxylic acids is 3. The predicted octanol–water partition coefficient (Wildman–Crippen LogP) is 3.53. The van der Waals surface area contributed by atoms with Crippen LogP contribution in [0.2, 0.25) is 0 Å². The van der Waals surface area contributed by atoms with E-state index < -0.39 is 41.2 Å². The minimum atomic E-state index is -0.929. The molecule has 0 saturated carbocycles. The second kappa shape index (κ2) is 11.8. The molecule has 3 N–H and O–H groups in total. The topological polar surface area (TPSA) is 108 Å². The summed E-state index contributed by atoms with van der Waals surface area (Å²) in [5, 5.41) is 16.1. The molecule has 8 heteroatoms. The van der Waals surface area contributed by atoms with Crippen molar-refractivity contribution in [1.82, 2.24) is 15.5 Å². The third-order valence-electron chi connectivity index (χ3n) is 6.38. The number of rotatable bonds is 8. The number of aliphatic hydroxyl groups is 1. The van der Waals surface area contributed by atoms with E-state index in [1.807, 2.05) is 39.8 Å². The van der Waals surface area contributed by atoms with Crippen molar-refractivity contribution in [3.8, 4) is 12.3 Å². The Balaban J connectivity index is 2.24. The van der Waals surface area contributed by atoms with Crippen LogP contribution >= 0.6 is 0 Å². The lowest BCUT2D eigenvalue weighted by atomic mass is 9.79. The highest BCUT2D eigenvalue weighted by molar-refractivity contribution is 5.92. The summed E-state index contributed by atoms with van der Waals surface area (Å²) in [5.74, 6) is 1.78. The Morgan fingerprint density at radius 3 is 2.31 bits per heavy atom. The van der Waals surface area contributed by atoms with E-state index in [0.717, 1.165) is 17.5 Å². The minimum Gasteiger partial charge on any atom is -0.444 e. The monoisotopic (exact) mass is 499 g/mol. The highest BCUT2D eigenvalue weighted by Crippen LogP contribution is 2.31. The molecule has 0 aliphatic carbocycles. The third-order valence-corrected chi connectivity index (χ3v) is 6.38. The van der Waals surface area contributed by atoms with Gasteiger partial charge in [0.1, 0.15) is 17.7 Å². The number of amides is 3. The van der Waals surface area contributed by atoms with E-state index in [-0.39, 0.29) is 24.9 Å². The Kier molecular flexibility index (Phi) is 9.56. The Labute approximate surface area is 215 Å². The van der Waals surface area contributed by atoms with E-state index in [4.69, 9.17) is 11.2 Å². The molecule has 1 heterocycles. The average molecular weight is 500 g/mol. The van der Waals surface area contributed by atoms with Crippen molar-refractivity contribution in [3.05, 3.63) is 35.4 Å². The zero-order chi connectivity index (χ0) is 27.3. The summed E-state index contributed by atoms with van der Waals surface area (Å²) in [6.45, 7) is 12.9. The number of benzene rings is 1. The van der Waals surface area contributed by atoms with Gasteiger partial charge in [-0.05, 0) is 57.2 Å². The van der Waals surface area contributed by atoms with Crippen LogP contribution in [0, 0.1) is 17.8 Å². The first-order chi connectivity index (χ1) is 16.7. The van der Waals surface area contributed by atoms with E-state index in [1.54, 1.807) is 32.9 Å². The molecule has 8 nitrogen and oxygen atoms in total. The number of likely N-dealkylation sites (tertiary alicyclic amines) is 1. The number of terminal acetylenes is 1. The molecule has 0 spiro atoms. The number of nitrogens with zero attached hydrogens (tertiary/aromatic N) is 1. The Bertz CT molecular complexity index is 974. The summed E-state index contributed by atoms with van der Waals surface area (Å²) in [4.78, 5) is 41.1. The van der Waals surface area contributed by atoms with Crippen LogP contribution in [0.15, 0.2) is 24.3 Å². The summed E-state index contributed by atoms with van der Waals surface area (Å²) < 4.78 is 5.41. The number of hydrogen-bond acceptors (Lipinski definition) is 5. The van der Waals surface area contributed by atoms with Gasteiger partial charge in [-0.15, -0.1) is 6.42 Å². The second-order valence-corrected chi connectivity index (χ2v) is 11.2. The third kappa shape index (κ3) is 7.72. The van der Waals surface area contributed by atoms with E-state index in [1.165, 1.54) is 4.90 Å². The number of nitrogens with one attached hydrogen (secondary N) is 2. The largest absolute Gasteiger partial charge is 0.444 e. The van der Waals surface area contributed by atoms with E-state index in [0.29, 0.717) is 6.42 Å². The molecule has 0 radical (unpaired) electrons. The Morgan fingerprint density at radius 2 is 1.78 bits per heavy atom. The number of ether oxygens (including phenoxy) is 1. The van der Waals surface area contributed by atoms with Crippen molar-refractivity contribution < 1.29 is 24.2 Å². The zero-order valence-electron chi connectivity index (χ0n) is 22.6. The lowest BCUT2D eigenvalue weighted by Crippen LogP contribution is -2.58. The van der Waals surface area contributed by atoms with Gasteiger partial charge in [-0.2, -0.15) is 0 Å². The summed E-state index contributed by atoms with van der Waals surface area (Å²) in [5.41, 5.74) is 0.273. The quantitative estimate of drug-likeness (QED) is 0.474. The van der Waals surface area contributed by atoms with Crippen LogP contribution in [0.1, 0.15) is 84.9 Å². The molecule has 0 bridgehead atoms. The highest BCUT2D eigenvalue weighted by Gasteiger charge is 2.46. The number of alkyl carbamates (subject to hydrolysis) is 1. The van der Waals surface area contributed by atoms with Crippen molar-refractivity contribution in [1.29, 1.82) is 0 Å². The molecule has 3 amide bonds. The van der Waals surface area contributed by atoms with Gasteiger partial charge in [0.15, 0.2) is 0 Å². The van der Waals surface area contributed by atoms with Gasteiger partial charge in [0.2, 0.25) is 11.8 Å². The van der Waals surface area contributed by atoms with Crippen LogP contribution in [0.3, 0.4) is 0 Å². The summed E-state index contributed by atoms with van der Waals surface area (Å²) >= 11 is 0. The highest BCUT2D eigenvalue weighted by atomic mass is 16.6. The fraction of sp³-hybridized carbons (Fsp3) is 0.607. The fourth-order valence-electron chi connectivity index (χ4n) is 4.54. The predicted molar refractivity (Wildman–Crippen MR) is 139 cm³/mol. The molecular weight excluding hydrogens is 458 g/mol. The Hall–Kier alpha value is -3.05. The van der Waals surface area contributed by atoms with E-state index in [9.17, 15) is 19.5 Å². The van der Waals surface area contributed by atoms with Gasteiger partial charge in [-0.25, -0.2) is 4.79 Å². The van der Waals surface area contributed by atoms with Crippen LogP contribution in [-0.2, 0) is 14.3 Å². The average Bonchev–Trinajstić information content (AvgIpc) is 3.17. The number of β-amino-alcohol motifs (C(OH)–C–C–N with tert-alkyl or cyclic N) is 1. The zero-order valence-corrected chi connectivity index (χ0v) is 22.6. The number of aliphatic hydroxyl groups excluding tert-OH is 1. The minimum absolute atomic E-state index is 0.0108. The molecule has 4 atom stereocenters. The number of carbonyl (C=O) groups is 3. The molecule has 0 aromatic heterocycles. The summed E-state index contributed by atoms with van der Waals surface area (Å²) in [6.07, 6.45) is 5.46. The molecule has 1 aromatic carbocycles. The normalized spacial score (nSPS) is 19.7. The molecular formula is C28H41N3O5. The molecule has 1 aromatic rings. The van der Waals surface area contributed by atoms with Crippen molar-refractivity contribution >= 4 is 17.9 Å². The van der Waals surface area contributed by atoms with Crippen LogP contribution in [0.4, 0.5) is 4.79 Å². The maximum Gasteiger partial charge on any atom is 0.408 e. The van der Waals surface area contributed by atoms with Crippen molar-refractivity contribution in [2.45, 2.75) is 97.6 Å². The van der Waals surface area contributed by atoms with E-state index in [2.05, 4.69) is 16.6 Å². The van der Waals surface area contributed by atoms with Crippen molar-refractivity contribution in [3.63, 3.8) is 0 Å². The summed E-state index contributed by atoms with van der Waals surface area (Å²) in [6, 6.07) is 5.18.